The molecule has 1 aliphatic rings. The van der Waals surface area contributed by atoms with Gasteiger partial charge >= 0.3 is 5.97 Å². The predicted molar refractivity (Wildman–Crippen MR) is 74.5 cm³/mol. The van der Waals surface area contributed by atoms with Crippen LogP contribution in [-0.2, 0) is 14.8 Å². The molecule has 1 N–H and O–H groups in total. The normalized spacial score (nSPS) is 17.5. The van der Waals surface area contributed by atoms with Crippen molar-refractivity contribution in [2.24, 2.45) is 5.92 Å². The van der Waals surface area contributed by atoms with Crippen molar-refractivity contribution in [1.82, 2.24) is 4.31 Å². The first-order valence-electron chi connectivity index (χ1n) is 7.04. The number of aliphatic carboxylic acids is 1. The molecule has 0 aliphatic heterocycles. The van der Waals surface area contributed by atoms with Crippen LogP contribution in [0.5, 0.6) is 0 Å². The van der Waals surface area contributed by atoms with E-state index in [9.17, 15) is 13.2 Å². The van der Waals surface area contributed by atoms with Crippen LogP contribution in [0.25, 0.3) is 0 Å². The third-order valence-corrected chi connectivity index (χ3v) is 5.51. The van der Waals surface area contributed by atoms with Crippen LogP contribution in [0.4, 0.5) is 0 Å². The van der Waals surface area contributed by atoms with Gasteiger partial charge in [0.1, 0.15) is 0 Å². The molecule has 19 heavy (non-hydrogen) atoms. The van der Waals surface area contributed by atoms with Crippen LogP contribution in [0.3, 0.4) is 0 Å². The third-order valence-electron chi connectivity index (χ3n) is 3.59. The average Bonchev–Trinajstić information content (AvgIpc) is 2.79. The number of rotatable bonds is 8. The van der Waals surface area contributed by atoms with Crippen molar-refractivity contribution in [3.05, 3.63) is 0 Å². The highest BCUT2D eigenvalue weighted by molar-refractivity contribution is 7.89. The van der Waals surface area contributed by atoms with Crippen molar-refractivity contribution in [2.45, 2.75) is 58.4 Å². The highest BCUT2D eigenvalue weighted by Crippen LogP contribution is 2.26. The zero-order valence-corrected chi connectivity index (χ0v) is 12.7. The summed E-state index contributed by atoms with van der Waals surface area (Å²) in [4.78, 5) is 10.6. The van der Waals surface area contributed by atoms with E-state index in [1.54, 1.807) is 4.31 Å². The summed E-state index contributed by atoms with van der Waals surface area (Å²) in [6, 6.07) is 0.0811. The smallest absolute Gasteiger partial charge is 0.304 e. The molecule has 0 unspecified atom stereocenters. The van der Waals surface area contributed by atoms with E-state index in [0.29, 0.717) is 12.5 Å². The number of hydrogen-bond acceptors (Lipinski definition) is 3. The van der Waals surface area contributed by atoms with Crippen LogP contribution in [0.15, 0.2) is 0 Å². The molecule has 0 aromatic carbocycles. The second-order valence-electron chi connectivity index (χ2n) is 5.69. The molecular weight excluding hydrogens is 266 g/mol. The van der Waals surface area contributed by atoms with Gasteiger partial charge in [-0.1, -0.05) is 26.7 Å². The molecular formula is C13H25NO4S. The predicted octanol–water partition coefficient (Wildman–Crippen LogP) is 2.08. The minimum atomic E-state index is -3.44. The molecule has 6 heteroatoms. The van der Waals surface area contributed by atoms with Gasteiger partial charge in [0.05, 0.1) is 12.2 Å². The third kappa shape index (κ3) is 5.48. The molecule has 0 radical (unpaired) electrons. The molecule has 0 amide bonds. The minimum Gasteiger partial charge on any atom is -0.481 e. The average molecular weight is 291 g/mol. The van der Waals surface area contributed by atoms with E-state index in [-0.39, 0.29) is 18.2 Å². The Hall–Kier alpha value is -0.620. The van der Waals surface area contributed by atoms with E-state index < -0.39 is 16.0 Å². The lowest BCUT2D eigenvalue weighted by Crippen LogP contribution is -2.41. The Morgan fingerprint density at radius 3 is 2.37 bits per heavy atom. The van der Waals surface area contributed by atoms with Crippen LogP contribution in [0.2, 0.25) is 0 Å². The van der Waals surface area contributed by atoms with Crippen LogP contribution in [-0.4, -0.2) is 42.1 Å². The second-order valence-corrected chi connectivity index (χ2v) is 7.73. The van der Waals surface area contributed by atoms with E-state index in [0.717, 1.165) is 32.1 Å². The van der Waals surface area contributed by atoms with Gasteiger partial charge in [-0.2, -0.15) is 4.31 Å². The zero-order chi connectivity index (χ0) is 14.5. The van der Waals surface area contributed by atoms with Crippen molar-refractivity contribution in [3.8, 4) is 0 Å². The molecule has 0 spiro atoms. The van der Waals surface area contributed by atoms with Gasteiger partial charge in [-0.05, 0) is 25.2 Å². The van der Waals surface area contributed by atoms with Crippen molar-refractivity contribution in [3.63, 3.8) is 0 Å². The van der Waals surface area contributed by atoms with Crippen molar-refractivity contribution < 1.29 is 18.3 Å². The van der Waals surface area contributed by atoms with Crippen LogP contribution >= 0.6 is 0 Å². The molecule has 5 nitrogen and oxygen atoms in total. The lowest BCUT2D eigenvalue weighted by Gasteiger charge is -2.28. The Morgan fingerprint density at radius 1 is 1.32 bits per heavy atom. The van der Waals surface area contributed by atoms with Gasteiger partial charge in [0.25, 0.3) is 0 Å². The Kier molecular flexibility index (Phi) is 6.26. The topological polar surface area (TPSA) is 74.7 Å². The summed E-state index contributed by atoms with van der Waals surface area (Å²) in [5, 5.41) is 8.66. The summed E-state index contributed by atoms with van der Waals surface area (Å²) < 4.78 is 26.2. The monoisotopic (exact) mass is 291 g/mol. The van der Waals surface area contributed by atoms with Crippen molar-refractivity contribution in [1.29, 1.82) is 0 Å². The highest BCUT2D eigenvalue weighted by Gasteiger charge is 2.31. The molecule has 0 saturated heterocycles. The van der Waals surface area contributed by atoms with E-state index in [2.05, 4.69) is 13.8 Å². The fourth-order valence-corrected chi connectivity index (χ4v) is 4.18. The van der Waals surface area contributed by atoms with Gasteiger partial charge in [0.2, 0.25) is 10.0 Å². The van der Waals surface area contributed by atoms with E-state index in [1.807, 2.05) is 0 Å². The Labute approximate surface area is 116 Å². The molecule has 1 aliphatic carbocycles. The van der Waals surface area contributed by atoms with Gasteiger partial charge < -0.3 is 5.11 Å². The first-order valence-corrected chi connectivity index (χ1v) is 8.65. The summed E-state index contributed by atoms with van der Waals surface area (Å²) >= 11 is 0. The van der Waals surface area contributed by atoms with E-state index in [1.165, 1.54) is 0 Å². The molecule has 0 aromatic heterocycles. The standard InChI is InChI=1S/C13H25NO4S/c1-11(2)7-9-14(12-5-3-4-6-12)19(17,18)10-8-13(15)16/h11-12H,3-10H2,1-2H3,(H,15,16). The largest absolute Gasteiger partial charge is 0.481 e. The first-order chi connectivity index (χ1) is 8.83. The maximum Gasteiger partial charge on any atom is 0.304 e. The number of nitrogens with zero attached hydrogens (tertiary/aromatic N) is 1. The number of carboxylic acids is 1. The van der Waals surface area contributed by atoms with Gasteiger partial charge in [-0.25, -0.2) is 8.42 Å². The van der Waals surface area contributed by atoms with Gasteiger partial charge in [0, 0.05) is 12.6 Å². The molecule has 0 aromatic rings. The number of sulfonamides is 1. The molecule has 112 valence electrons. The van der Waals surface area contributed by atoms with Crippen LogP contribution in [0, 0.1) is 5.92 Å². The molecule has 0 atom stereocenters. The van der Waals surface area contributed by atoms with E-state index >= 15 is 0 Å². The summed E-state index contributed by atoms with van der Waals surface area (Å²) in [6.07, 6.45) is 4.46. The Balaban J connectivity index is 2.72. The zero-order valence-electron chi connectivity index (χ0n) is 11.8. The SMILES string of the molecule is CC(C)CCN(C1CCCC1)S(=O)(=O)CCC(=O)O. The summed E-state index contributed by atoms with van der Waals surface area (Å²) in [6.45, 7) is 4.65. The van der Waals surface area contributed by atoms with Crippen LogP contribution < -0.4 is 0 Å². The van der Waals surface area contributed by atoms with Crippen molar-refractivity contribution in [2.75, 3.05) is 12.3 Å². The Morgan fingerprint density at radius 2 is 1.89 bits per heavy atom. The van der Waals surface area contributed by atoms with Gasteiger partial charge in [0.15, 0.2) is 0 Å². The number of carbonyl (C=O) groups is 1. The maximum absolute atomic E-state index is 12.3. The van der Waals surface area contributed by atoms with Gasteiger partial charge in [-0.3, -0.25) is 4.79 Å². The molecule has 0 bridgehead atoms. The lowest BCUT2D eigenvalue weighted by atomic mass is 10.1. The first kappa shape index (κ1) is 16.4. The summed E-state index contributed by atoms with van der Waals surface area (Å²) in [5.74, 6) is -0.894. The van der Waals surface area contributed by atoms with E-state index in [4.69, 9.17) is 5.11 Å². The quantitative estimate of drug-likeness (QED) is 0.743. The van der Waals surface area contributed by atoms with Crippen molar-refractivity contribution >= 4 is 16.0 Å². The molecule has 1 saturated carbocycles. The highest BCUT2D eigenvalue weighted by atomic mass is 32.2. The fraction of sp³-hybridized carbons (Fsp3) is 0.923. The molecule has 1 rings (SSSR count). The fourth-order valence-electron chi connectivity index (χ4n) is 2.46. The molecule has 0 heterocycles. The number of carboxylic acid groups (broad SMARTS) is 1. The maximum atomic E-state index is 12.3. The number of hydrogen-bond donors (Lipinski definition) is 1. The lowest BCUT2D eigenvalue weighted by molar-refractivity contribution is -0.136. The summed E-state index contributed by atoms with van der Waals surface area (Å²) in [7, 11) is -3.44. The van der Waals surface area contributed by atoms with Gasteiger partial charge in [-0.15, -0.1) is 0 Å². The second kappa shape index (κ2) is 7.24. The van der Waals surface area contributed by atoms with Crippen LogP contribution in [0.1, 0.15) is 52.4 Å². The minimum absolute atomic E-state index is 0.0811. The molecule has 1 fully saturated rings. The summed E-state index contributed by atoms with van der Waals surface area (Å²) in [5.41, 5.74) is 0. The Bertz CT molecular complexity index is 385.